The number of imidazole rings is 1. The minimum Gasteiger partial charge on any atom is -0.399 e. The van der Waals surface area contributed by atoms with Crippen LogP contribution in [0.1, 0.15) is 27.7 Å². The SMILES string of the molecule is CC1(C)OB(c2ccc3c(c2)c2ccccc2c2nc4c5ccccc5c5ccccc5c4n32)OC1(C)C. The molecule has 4 nitrogen and oxygen atoms in total. The van der Waals surface area contributed by atoms with Gasteiger partial charge in [0.05, 0.1) is 27.8 Å². The van der Waals surface area contributed by atoms with Crippen LogP contribution in [0.5, 0.6) is 0 Å². The molecule has 0 unspecified atom stereocenters. The van der Waals surface area contributed by atoms with Crippen molar-refractivity contribution in [2.24, 2.45) is 0 Å². The van der Waals surface area contributed by atoms with Crippen molar-refractivity contribution in [2.75, 3.05) is 0 Å². The van der Waals surface area contributed by atoms with Crippen molar-refractivity contribution >= 4 is 72.5 Å². The molecule has 5 heteroatoms. The number of fused-ring (bicyclic) bond motifs is 13. The van der Waals surface area contributed by atoms with Crippen LogP contribution in [-0.4, -0.2) is 27.7 Å². The maximum Gasteiger partial charge on any atom is 0.494 e. The minimum atomic E-state index is -0.414. The van der Waals surface area contributed by atoms with Gasteiger partial charge in [-0.05, 0) is 55.4 Å². The molecule has 184 valence electrons. The van der Waals surface area contributed by atoms with Gasteiger partial charge in [0.25, 0.3) is 0 Å². The fourth-order valence-electron chi connectivity index (χ4n) is 6.12. The second-order valence-corrected chi connectivity index (χ2v) is 11.5. The summed E-state index contributed by atoms with van der Waals surface area (Å²) in [7, 11) is -0.414. The second-order valence-electron chi connectivity index (χ2n) is 11.5. The molecule has 1 saturated heterocycles. The molecule has 5 aromatic carbocycles. The molecule has 7 aromatic rings. The summed E-state index contributed by atoms with van der Waals surface area (Å²) in [5, 5.41) is 8.34. The summed E-state index contributed by atoms with van der Waals surface area (Å²) in [6.07, 6.45) is 0. The smallest absolute Gasteiger partial charge is 0.399 e. The summed E-state index contributed by atoms with van der Waals surface area (Å²) in [5.41, 5.74) is 4.54. The molecule has 38 heavy (non-hydrogen) atoms. The number of hydrogen-bond donors (Lipinski definition) is 0. The Morgan fingerprint density at radius 1 is 0.605 bits per heavy atom. The van der Waals surface area contributed by atoms with Crippen molar-refractivity contribution < 1.29 is 9.31 Å². The van der Waals surface area contributed by atoms with E-state index in [9.17, 15) is 0 Å². The highest BCUT2D eigenvalue weighted by atomic mass is 16.7. The molecule has 0 saturated carbocycles. The number of aromatic nitrogens is 2. The quantitative estimate of drug-likeness (QED) is 0.176. The maximum atomic E-state index is 6.42. The van der Waals surface area contributed by atoms with E-state index in [-0.39, 0.29) is 11.2 Å². The Balaban J connectivity index is 1.54. The van der Waals surface area contributed by atoms with Gasteiger partial charge in [-0.1, -0.05) is 84.9 Å². The Bertz CT molecular complexity index is 2090. The average molecular weight is 494 g/mol. The number of pyridine rings is 1. The first kappa shape index (κ1) is 22.1. The molecule has 1 aliphatic heterocycles. The standard InChI is InChI=1S/C33H27BN2O2/c1-32(2)33(3,4)38-34(37-32)20-17-18-28-27(19-20)23-13-7-10-16-26(23)31-35-29-24-14-8-5-11-21(24)22-12-6-9-15-25(22)30(29)36(28)31/h5-19H,1-4H3. The van der Waals surface area contributed by atoms with Crippen LogP contribution in [0.2, 0.25) is 0 Å². The Morgan fingerprint density at radius 3 is 1.79 bits per heavy atom. The van der Waals surface area contributed by atoms with Gasteiger partial charge in [-0.15, -0.1) is 0 Å². The van der Waals surface area contributed by atoms with Crippen LogP contribution in [0.4, 0.5) is 0 Å². The monoisotopic (exact) mass is 494 g/mol. The predicted molar refractivity (Wildman–Crippen MR) is 158 cm³/mol. The first-order valence-corrected chi connectivity index (χ1v) is 13.3. The average Bonchev–Trinajstić information content (AvgIpc) is 3.43. The lowest BCUT2D eigenvalue weighted by Crippen LogP contribution is -2.41. The zero-order valence-electron chi connectivity index (χ0n) is 21.9. The number of benzene rings is 5. The summed E-state index contributed by atoms with van der Waals surface area (Å²) in [5.74, 6) is 0. The van der Waals surface area contributed by atoms with Crippen LogP contribution < -0.4 is 5.46 Å². The highest BCUT2D eigenvalue weighted by Gasteiger charge is 2.51. The Labute approximate surface area is 220 Å². The van der Waals surface area contributed by atoms with Gasteiger partial charge in [0.15, 0.2) is 0 Å². The van der Waals surface area contributed by atoms with E-state index >= 15 is 0 Å². The Hall–Kier alpha value is -3.93. The van der Waals surface area contributed by atoms with Crippen molar-refractivity contribution in [3.63, 3.8) is 0 Å². The van der Waals surface area contributed by atoms with Crippen LogP contribution in [-0.2, 0) is 9.31 Å². The topological polar surface area (TPSA) is 35.8 Å². The second kappa shape index (κ2) is 7.34. The van der Waals surface area contributed by atoms with E-state index in [4.69, 9.17) is 14.3 Å². The van der Waals surface area contributed by atoms with Crippen LogP contribution >= 0.6 is 0 Å². The van der Waals surface area contributed by atoms with Crippen LogP contribution in [0.15, 0.2) is 91.0 Å². The molecule has 0 aliphatic carbocycles. The third-order valence-corrected chi connectivity index (χ3v) is 8.78. The lowest BCUT2D eigenvalue weighted by atomic mass is 9.78. The van der Waals surface area contributed by atoms with Gasteiger partial charge in [0.1, 0.15) is 5.65 Å². The van der Waals surface area contributed by atoms with Gasteiger partial charge in [0.2, 0.25) is 0 Å². The van der Waals surface area contributed by atoms with E-state index in [1.54, 1.807) is 0 Å². The zero-order valence-corrected chi connectivity index (χ0v) is 21.9. The molecule has 0 atom stereocenters. The van der Waals surface area contributed by atoms with E-state index in [1.807, 2.05) is 0 Å². The van der Waals surface area contributed by atoms with Crippen molar-refractivity contribution in [1.82, 2.24) is 9.38 Å². The molecule has 0 N–H and O–H groups in total. The van der Waals surface area contributed by atoms with Gasteiger partial charge in [-0.2, -0.15) is 0 Å². The van der Waals surface area contributed by atoms with Crippen molar-refractivity contribution in [1.29, 1.82) is 0 Å². The third kappa shape index (κ3) is 2.81. The lowest BCUT2D eigenvalue weighted by Gasteiger charge is -2.32. The Kier molecular flexibility index (Phi) is 4.27. The minimum absolute atomic E-state index is 0.390. The third-order valence-electron chi connectivity index (χ3n) is 8.78. The Morgan fingerprint density at radius 2 is 1.13 bits per heavy atom. The largest absolute Gasteiger partial charge is 0.494 e. The van der Waals surface area contributed by atoms with Crippen molar-refractivity contribution in [2.45, 2.75) is 38.9 Å². The summed E-state index contributed by atoms with van der Waals surface area (Å²) in [6, 6.07) is 32.5. The lowest BCUT2D eigenvalue weighted by molar-refractivity contribution is 0.00578. The first-order valence-electron chi connectivity index (χ1n) is 13.3. The first-order chi connectivity index (χ1) is 18.3. The molecule has 0 bridgehead atoms. The highest BCUT2D eigenvalue weighted by Crippen LogP contribution is 2.40. The van der Waals surface area contributed by atoms with E-state index in [0.29, 0.717) is 0 Å². The molecule has 0 amide bonds. The van der Waals surface area contributed by atoms with E-state index in [1.165, 1.54) is 26.9 Å². The van der Waals surface area contributed by atoms with Gasteiger partial charge in [0, 0.05) is 21.5 Å². The molecule has 3 heterocycles. The number of nitrogens with zero attached hydrogens (tertiary/aromatic N) is 2. The summed E-state index contributed by atoms with van der Waals surface area (Å²) >= 11 is 0. The summed E-state index contributed by atoms with van der Waals surface area (Å²) in [6.45, 7) is 8.39. The highest BCUT2D eigenvalue weighted by molar-refractivity contribution is 6.62. The maximum absolute atomic E-state index is 6.42. The van der Waals surface area contributed by atoms with Gasteiger partial charge < -0.3 is 9.31 Å². The molecule has 0 radical (unpaired) electrons. The zero-order chi connectivity index (χ0) is 25.8. The number of hydrogen-bond acceptors (Lipinski definition) is 3. The van der Waals surface area contributed by atoms with E-state index in [0.717, 1.165) is 38.4 Å². The summed E-state index contributed by atoms with van der Waals surface area (Å²) < 4.78 is 15.2. The van der Waals surface area contributed by atoms with Gasteiger partial charge in [-0.25, -0.2) is 4.98 Å². The fraction of sp³-hybridized carbons (Fsp3) is 0.182. The molecule has 8 rings (SSSR count). The molecule has 1 fully saturated rings. The van der Waals surface area contributed by atoms with Crippen molar-refractivity contribution in [3.8, 4) is 0 Å². The summed E-state index contributed by atoms with van der Waals surface area (Å²) in [4.78, 5) is 5.32. The molecule has 1 aliphatic rings. The predicted octanol–water partition coefficient (Wildman–Crippen LogP) is 7.40. The van der Waals surface area contributed by atoms with Crippen molar-refractivity contribution in [3.05, 3.63) is 91.0 Å². The molecule has 2 aromatic heterocycles. The van der Waals surface area contributed by atoms with Gasteiger partial charge in [-0.3, -0.25) is 4.40 Å². The number of rotatable bonds is 1. The molecular weight excluding hydrogens is 467 g/mol. The van der Waals surface area contributed by atoms with Crippen LogP contribution in [0.3, 0.4) is 0 Å². The molecule has 0 spiro atoms. The van der Waals surface area contributed by atoms with E-state index < -0.39 is 7.12 Å². The van der Waals surface area contributed by atoms with Crippen LogP contribution in [0, 0.1) is 0 Å². The van der Waals surface area contributed by atoms with E-state index in [2.05, 4.69) is 123 Å². The molecular formula is C33H27BN2O2. The van der Waals surface area contributed by atoms with Gasteiger partial charge >= 0.3 is 7.12 Å². The van der Waals surface area contributed by atoms with Crippen LogP contribution in [0.25, 0.3) is 59.9 Å². The fourth-order valence-corrected chi connectivity index (χ4v) is 6.12. The normalized spacial score (nSPS) is 17.1.